The molecule has 0 amide bonds. The summed E-state index contributed by atoms with van der Waals surface area (Å²) in [6, 6.07) is 6.72. The lowest BCUT2D eigenvalue weighted by atomic mass is 10.2. The minimum Gasteiger partial charge on any atom is -0.382 e. The molecule has 1 fully saturated rings. The molecular formula is C14H23N3O3S. The van der Waals surface area contributed by atoms with Crippen LogP contribution in [0.5, 0.6) is 0 Å². The molecule has 2 rings (SSSR count). The molecule has 1 aliphatic rings. The van der Waals surface area contributed by atoms with E-state index in [4.69, 9.17) is 4.74 Å². The number of nitrogens with zero attached hydrogens (tertiary/aromatic N) is 1. The topological polar surface area (TPSA) is 70.7 Å². The standard InChI is InChI=1S/C14H23N3O3S/c1-3-17-8-9-20-13(11-17)10-16-12-4-6-14(7-5-12)21(18,19)15-2/h4-7,13,15-16H,3,8-11H2,1-2H3. The molecule has 1 heterocycles. The third-order valence-electron chi connectivity index (χ3n) is 3.64. The average Bonchev–Trinajstić information content (AvgIpc) is 2.53. The fraction of sp³-hybridized carbons (Fsp3) is 0.571. The third-order valence-corrected chi connectivity index (χ3v) is 5.07. The van der Waals surface area contributed by atoms with Crippen molar-refractivity contribution < 1.29 is 13.2 Å². The molecule has 0 bridgehead atoms. The van der Waals surface area contributed by atoms with Gasteiger partial charge in [-0.15, -0.1) is 0 Å². The fourth-order valence-electron chi connectivity index (χ4n) is 2.29. The molecule has 7 heteroatoms. The summed E-state index contributed by atoms with van der Waals surface area (Å²) >= 11 is 0. The highest BCUT2D eigenvalue weighted by atomic mass is 32.2. The van der Waals surface area contributed by atoms with Crippen molar-refractivity contribution in [1.82, 2.24) is 9.62 Å². The van der Waals surface area contributed by atoms with Gasteiger partial charge in [-0.3, -0.25) is 4.90 Å². The van der Waals surface area contributed by atoms with E-state index < -0.39 is 10.0 Å². The maximum atomic E-state index is 11.6. The van der Waals surface area contributed by atoms with Crippen molar-refractivity contribution >= 4 is 15.7 Å². The van der Waals surface area contributed by atoms with Gasteiger partial charge in [-0.05, 0) is 37.9 Å². The van der Waals surface area contributed by atoms with Gasteiger partial charge < -0.3 is 10.1 Å². The number of likely N-dealkylation sites (N-methyl/N-ethyl adjacent to an activating group) is 1. The second kappa shape index (κ2) is 7.22. The molecule has 118 valence electrons. The van der Waals surface area contributed by atoms with Gasteiger partial charge in [-0.25, -0.2) is 13.1 Å². The fourth-order valence-corrected chi connectivity index (χ4v) is 3.02. The first-order chi connectivity index (χ1) is 10.0. The zero-order valence-corrected chi connectivity index (χ0v) is 13.3. The van der Waals surface area contributed by atoms with Gasteiger partial charge in [0.1, 0.15) is 0 Å². The molecule has 21 heavy (non-hydrogen) atoms. The number of benzene rings is 1. The Labute approximate surface area is 126 Å². The molecule has 1 aromatic rings. The maximum absolute atomic E-state index is 11.6. The smallest absolute Gasteiger partial charge is 0.240 e. The van der Waals surface area contributed by atoms with E-state index >= 15 is 0 Å². The van der Waals surface area contributed by atoms with Gasteiger partial charge in [-0.1, -0.05) is 6.92 Å². The minimum absolute atomic E-state index is 0.166. The zero-order chi connectivity index (χ0) is 15.3. The van der Waals surface area contributed by atoms with Crippen LogP contribution in [0.1, 0.15) is 6.92 Å². The molecule has 2 N–H and O–H groups in total. The van der Waals surface area contributed by atoms with Crippen molar-refractivity contribution in [3.05, 3.63) is 24.3 Å². The molecule has 1 saturated heterocycles. The Morgan fingerprint density at radius 1 is 1.33 bits per heavy atom. The van der Waals surface area contributed by atoms with Crippen molar-refractivity contribution in [2.24, 2.45) is 0 Å². The summed E-state index contributed by atoms with van der Waals surface area (Å²) in [6.07, 6.45) is 0.166. The van der Waals surface area contributed by atoms with Crippen LogP contribution >= 0.6 is 0 Å². The lowest BCUT2D eigenvalue weighted by molar-refractivity contribution is -0.0191. The highest BCUT2D eigenvalue weighted by Gasteiger charge is 2.18. The maximum Gasteiger partial charge on any atom is 0.240 e. The SMILES string of the molecule is CCN1CCOC(CNc2ccc(S(=O)(=O)NC)cc2)C1. The number of ether oxygens (including phenoxy) is 1. The molecule has 0 radical (unpaired) electrons. The molecule has 1 aromatic carbocycles. The number of nitrogens with one attached hydrogen (secondary N) is 2. The zero-order valence-electron chi connectivity index (χ0n) is 12.5. The molecule has 1 unspecified atom stereocenters. The van der Waals surface area contributed by atoms with Crippen LogP contribution < -0.4 is 10.0 Å². The number of morpholine rings is 1. The van der Waals surface area contributed by atoms with E-state index in [1.165, 1.54) is 7.05 Å². The summed E-state index contributed by atoms with van der Waals surface area (Å²) in [6.45, 7) is 6.58. The van der Waals surface area contributed by atoms with E-state index in [0.29, 0.717) is 6.54 Å². The Hall–Kier alpha value is -1.15. The summed E-state index contributed by atoms with van der Waals surface area (Å²) in [5.74, 6) is 0. The predicted octanol–water partition coefficient (Wildman–Crippen LogP) is 0.727. The first-order valence-corrected chi connectivity index (χ1v) is 8.65. The van der Waals surface area contributed by atoms with Gasteiger partial charge in [-0.2, -0.15) is 0 Å². The Morgan fingerprint density at radius 3 is 2.67 bits per heavy atom. The predicted molar refractivity (Wildman–Crippen MR) is 83.0 cm³/mol. The summed E-state index contributed by atoms with van der Waals surface area (Å²) in [5, 5.41) is 3.29. The lowest BCUT2D eigenvalue weighted by Gasteiger charge is -2.32. The van der Waals surface area contributed by atoms with Gasteiger partial charge in [0.05, 0.1) is 17.6 Å². The Morgan fingerprint density at radius 2 is 2.05 bits per heavy atom. The average molecular weight is 313 g/mol. The van der Waals surface area contributed by atoms with Crippen LogP contribution in [0.4, 0.5) is 5.69 Å². The molecular weight excluding hydrogens is 290 g/mol. The van der Waals surface area contributed by atoms with E-state index in [0.717, 1.165) is 31.9 Å². The van der Waals surface area contributed by atoms with E-state index in [9.17, 15) is 8.42 Å². The Bertz CT molecular complexity index is 545. The summed E-state index contributed by atoms with van der Waals surface area (Å²) < 4.78 is 31.3. The summed E-state index contributed by atoms with van der Waals surface area (Å²) in [7, 11) is -1.97. The van der Waals surface area contributed by atoms with Crippen molar-refractivity contribution in [1.29, 1.82) is 0 Å². The highest BCUT2D eigenvalue weighted by molar-refractivity contribution is 7.89. The highest BCUT2D eigenvalue weighted by Crippen LogP contribution is 2.14. The van der Waals surface area contributed by atoms with E-state index in [1.807, 2.05) is 0 Å². The number of anilines is 1. The molecule has 1 atom stereocenters. The number of hydrogen-bond donors (Lipinski definition) is 2. The number of sulfonamides is 1. The molecule has 0 aliphatic carbocycles. The van der Waals surface area contributed by atoms with Crippen molar-refractivity contribution in [2.75, 3.05) is 45.2 Å². The minimum atomic E-state index is -3.37. The van der Waals surface area contributed by atoms with Crippen LogP contribution in [-0.4, -0.2) is 59.3 Å². The Balaban J connectivity index is 1.89. The number of hydrogen-bond acceptors (Lipinski definition) is 5. The van der Waals surface area contributed by atoms with E-state index in [-0.39, 0.29) is 11.0 Å². The molecule has 0 spiro atoms. The van der Waals surface area contributed by atoms with E-state index in [2.05, 4.69) is 21.9 Å². The Kier molecular flexibility index (Phi) is 5.58. The van der Waals surface area contributed by atoms with Crippen LogP contribution in [0.3, 0.4) is 0 Å². The summed E-state index contributed by atoms with van der Waals surface area (Å²) in [5.41, 5.74) is 0.891. The van der Waals surface area contributed by atoms with Gasteiger partial charge >= 0.3 is 0 Å². The van der Waals surface area contributed by atoms with Crippen molar-refractivity contribution in [3.8, 4) is 0 Å². The number of rotatable bonds is 6. The first kappa shape index (κ1) is 16.2. The molecule has 0 aromatic heterocycles. The van der Waals surface area contributed by atoms with Crippen molar-refractivity contribution in [2.45, 2.75) is 17.9 Å². The molecule has 6 nitrogen and oxygen atoms in total. The lowest BCUT2D eigenvalue weighted by Crippen LogP contribution is -2.45. The first-order valence-electron chi connectivity index (χ1n) is 7.16. The molecule has 0 saturated carbocycles. The van der Waals surface area contributed by atoms with Crippen LogP contribution in [0, 0.1) is 0 Å². The van der Waals surface area contributed by atoms with Crippen LogP contribution in [0.25, 0.3) is 0 Å². The van der Waals surface area contributed by atoms with E-state index in [1.54, 1.807) is 24.3 Å². The molecule has 1 aliphatic heterocycles. The van der Waals surface area contributed by atoms with Gasteiger partial charge in [0, 0.05) is 25.3 Å². The monoisotopic (exact) mass is 313 g/mol. The summed E-state index contributed by atoms with van der Waals surface area (Å²) in [4.78, 5) is 2.62. The van der Waals surface area contributed by atoms with Crippen LogP contribution in [0.2, 0.25) is 0 Å². The van der Waals surface area contributed by atoms with Crippen molar-refractivity contribution in [3.63, 3.8) is 0 Å². The van der Waals surface area contributed by atoms with Gasteiger partial charge in [0.2, 0.25) is 10.0 Å². The normalized spacial score (nSPS) is 20.4. The quantitative estimate of drug-likeness (QED) is 0.810. The third kappa shape index (κ3) is 4.41. The second-order valence-corrected chi connectivity index (χ2v) is 6.89. The van der Waals surface area contributed by atoms with Gasteiger partial charge in [0.15, 0.2) is 0 Å². The second-order valence-electron chi connectivity index (χ2n) is 5.00. The van der Waals surface area contributed by atoms with Crippen LogP contribution in [-0.2, 0) is 14.8 Å². The largest absolute Gasteiger partial charge is 0.382 e. The van der Waals surface area contributed by atoms with Gasteiger partial charge in [0.25, 0.3) is 0 Å². The van der Waals surface area contributed by atoms with Crippen LogP contribution in [0.15, 0.2) is 29.2 Å².